The normalized spacial score (nSPS) is 13.6. The molecule has 60 heavy (non-hydrogen) atoms. The largest absolute Gasteiger partial charge is 0.756 e. The Morgan fingerprint density at radius 1 is 0.500 bits per heavy atom. The van der Waals surface area contributed by atoms with E-state index in [4.69, 9.17) is 18.5 Å². The van der Waals surface area contributed by atoms with Crippen LogP contribution in [-0.2, 0) is 32.7 Å². The van der Waals surface area contributed by atoms with Gasteiger partial charge in [-0.25, -0.2) is 0 Å². The third-order valence-electron chi connectivity index (χ3n) is 10.9. The fourth-order valence-corrected chi connectivity index (χ4v) is 7.71. The molecule has 10 heteroatoms. The van der Waals surface area contributed by atoms with E-state index in [1.807, 2.05) is 21.1 Å². The van der Waals surface area contributed by atoms with E-state index in [1.165, 1.54) is 161 Å². The number of nitrogens with zero attached hydrogens (tertiary/aromatic N) is 1. The van der Waals surface area contributed by atoms with Gasteiger partial charge in [0.25, 0.3) is 7.82 Å². The first-order chi connectivity index (χ1) is 29.0. The fourth-order valence-electron chi connectivity index (χ4n) is 6.98. The molecule has 0 aliphatic rings. The lowest BCUT2D eigenvalue weighted by Crippen LogP contribution is -2.37. The molecular formula is C50H96NO8P. The third kappa shape index (κ3) is 46.0. The van der Waals surface area contributed by atoms with Gasteiger partial charge in [0.15, 0.2) is 6.10 Å². The van der Waals surface area contributed by atoms with Gasteiger partial charge in [0.2, 0.25) is 0 Å². The Labute approximate surface area is 370 Å². The second-order valence-electron chi connectivity index (χ2n) is 18.2. The van der Waals surface area contributed by atoms with Crippen LogP contribution in [0.2, 0.25) is 0 Å². The summed E-state index contributed by atoms with van der Waals surface area (Å²) in [4.78, 5) is 37.7. The van der Waals surface area contributed by atoms with E-state index in [0.29, 0.717) is 17.4 Å². The van der Waals surface area contributed by atoms with Crippen molar-refractivity contribution in [3.8, 4) is 0 Å². The van der Waals surface area contributed by atoms with Crippen molar-refractivity contribution >= 4 is 19.8 Å². The molecule has 0 aliphatic heterocycles. The molecule has 0 aromatic heterocycles. The molecule has 0 fully saturated rings. The molecule has 0 rings (SSSR count). The Morgan fingerprint density at radius 2 is 0.867 bits per heavy atom. The van der Waals surface area contributed by atoms with E-state index in [9.17, 15) is 19.0 Å². The quantitative estimate of drug-likeness (QED) is 0.0195. The highest BCUT2D eigenvalue weighted by atomic mass is 31.2. The van der Waals surface area contributed by atoms with Gasteiger partial charge in [0.05, 0.1) is 27.7 Å². The van der Waals surface area contributed by atoms with Crippen LogP contribution in [0.5, 0.6) is 0 Å². The molecule has 0 saturated heterocycles. The lowest BCUT2D eigenvalue weighted by atomic mass is 10.0. The minimum atomic E-state index is -4.63. The Morgan fingerprint density at radius 3 is 1.28 bits per heavy atom. The molecule has 2 atom stereocenters. The number of unbranched alkanes of at least 4 members (excludes halogenated alkanes) is 28. The summed E-state index contributed by atoms with van der Waals surface area (Å²) in [6.45, 7) is 4.22. The van der Waals surface area contributed by atoms with Gasteiger partial charge >= 0.3 is 11.9 Å². The molecule has 0 amide bonds. The second kappa shape index (κ2) is 42.8. The first-order valence-corrected chi connectivity index (χ1v) is 26.5. The first kappa shape index (κ1) is 58.5. The van der Waals surface area contributed by atoms with Gasteiger partial charge in [0.1, 0.15) is 19.8 Å². The minimum Gasteiger partial charge on any atom is -0.756 e. The molecule has 9 nitrogen and oxygen atoms in total. The van der Waals surface area contributed by atoms with Crippen LogP contribution in [0.25, 0.3) is 0 Å². The van der Waals surface area contributed by atoms with Crippen LogP contribution in [0, 0.1) is 0 Å². The number of phosphoric ester groups is 1. The van der Waals surface area contributed by atoms with Crippen molar-refractivity contribution in [2.75, 3.05) is 47.5 Å². The summed E-state index contributed by atoms with van der Waals surface area (Å²) >= 11 is 0. The molecule has 0 aromatic rings. The van der Waals surface area contributed by atoms with Crippen molar-refractivity contribution in [2.24, 2.45) is 0 Å². The maximum Gasteiger partial charge on any atom is 0.306 e. The standard InChI is InChI=1S/C50H96NO8P/c1-6-8-10-12-14-16-18-20-22-23-24-25-26-27-29-30-32-34-36-38-40-42-49(52)56-46-48(47-58-60(54,55)57-45-44-51(3,4)5)59-50(53)43-41-39-37-35-33-31-28-21-19-17-15-13-11-9-7-2/h13,15,20,22,48H,6-12,14,16-19,21,23-47H2,1-5H3/b15-13+,22-20+/t48-/m0/s1. The summed E-state index contributed by atoms with van der Waals surface area (Å²) in [5.41, 5.74) is 0. The molecule has 354 valence electrons. The van der Waals surface area contributed by atoms with E-state index < -0.39 is 26.5 Å². The van der Waals surface area contributed by atoms with E-state index >= 15 is 0 Å². The van der Waals surface area contributed by atoms with Crippen LogP contribution in [0.1, 0.15) is 232 Å². The van der Waals surface area contributed by atoms with Crippen molar-refractivity contribution in [3.05, 3.63) is 24.3 Å². The topological polar surface area (TPSA) is 111 Å². The number of hydrogen-bond donors (Lipinski definition) is 0. The van der Waals surface area contributed by atoms with Gasteiger partial charge < -0.3 is 27.9 Å². The molecule has 0 spiro atoms. The SMILES string of the molecule is CCCC/C=C/CCCCCCCCCCCC(=O)O[C@@H](COC(=O)CCCCCCCCCCCCC/C=C/CCCCCCCC)COP(=O)([O-])OCC[N+](C)(C)C. The molecule has 0 N–H and O–H groups in total. The number of rotatable bonds is 46. The average molecular weight is 870 g/mol. The number of carbonyl (C=O) groups is 2. The minimum absolute atomic E-state index is 0.0296. The molecule has 0 aromatic carbocycles. The number of carbonyl (C=O) groups excluding carboxylic acids is 2. The summed E-state index contributed by atoms with van der Waals surface area (Å²) < 4.78 is 34.0. The van der Waals surface area contributed by atoms with Gasteiger partial charge in [-0.3, -0.25) is 14.2 Å². The molecule has 0 aliphatic carbocycles. The zero-order chi connectivity index (χ0) is 44.3. The summed E-state index contributed by atoms with van der Waals surface area (Å²) in [6.07, 6.45) is 47.7. The Bertz CT molecular complexity index is 1070. The summed E-state index contributed by atoms with van der Waals surface area (Å²) in [6, 6.07) is 0. The number of hydrogen-bond acceptors (Lipinski definition) is 8. The number of quaternary nitrogens is 1. The Balaban J connectivity index is 4.22. The summed E-state index contributed by atoms with van der Waals surface area (Å²) in [5, 5.41) is 0. The van der Waals surface area contributed by atoms with Crippen LogP contribution in [0.4, 0.5) is 0 Å². The van der Waals surface area contributed by atoms with Crippen molar-refractivity contribution in [1.82, 2.24) is 0 Å². The summed E-state index contributed by atoms with van der Waals surface area (Å²) in [7, 11) is 1.17. The van der Waals surface area contributed by atoms with Crippen LogP contribution in [0.15, 0.2) is 24.3 Å². The maximum absolute atomic E-state index is 12.7. The van der Waals surface area contributed by atoms with Crippen LogP contribution in [0.3, 0.4) is 0 Å². The van der Waals surface area contributed by atoms with Crippen molar-refractivity contribution < 1.29 is 42.1 Å². The average Bonchev–Trinajstić information content (AvgIpc) is 3.20. The molecular weight excluding hydrogens is 774 g/mol. The Kier molecular flexibility index (Phi) is 41.7. The molecule has 0 heterocycles. The molecule has 1 unspecified atom stereocenters. The lowest BCUT2D eigenvalue weighted by Gasteiger charge is -2.28. The van der Waals surface area contributed by atoms with Gasteiger partial charge in [0, 0.05) is 12.8 Å². The van der Waals surface area contributed by atoms with Crippen LogP contribution < -0.4 is 4.89 Å². The second-order valence-corrected chi connectivity index (χ2v) is 19.6. The predicted molar refractivity (Wildman–Crippen MR) is 250 cm³/mol. The van der Waals surface area contributed by atoms with Crippen LogP contribution >= 0.6 is 7.82 Å². The molecule has 0 saturated carbocycles. The van der Waals surface area contributed by atoms with E-state index in [1.54, 1.807) is 0 Å². The number of ether oxygens (including phenoxy) is 2. The zero-order valence-corrected chi connectivity index (χ0v) is 40.8. The number of esters is 2. The first-order valence-electron chi connectivity index (χ1n) is 25.0. The van der Waals surface area contributed by atoms with Gasteiger partial charge in [-0.1, -0.05) is 186 Å². The van der Waals surface area contributed by atoms with E-state index in [-0.39, 0.29) is 32.0 Å². The lowest BCUT2D eigenvalue weighted by molar-refractivity contribution is -0.870. The van der Waals surface area contributed by atoms with Crippen LogP contribution in [-0.4, -0.2) is 70.0 Å². The van der Waals surface area contributed by atoms with Crippen molar-refractivity contribution in [2.45, 2.75) is 238 Å². The number of phosphoric acid groups is 1. The maximum atomic E-state index is 12.7. The van der Waals surface area contributed by atoms with Gasteiger partial charge in [-0.2, -0.15) is 0 Å². The van der Waals surface area contributed by atoms with E-state index in [2.05, 4.69) is 38.2 Å². The fraction of sp³-hybridized carbons (Fsp3) is 0.880. The highest BCUT2D eigenvalue weighted by molar-refractivity contribution is 7.45. The Hall–Kier alpha value is -1.51. The number of allylic oxidation sites excluding steroid dienone is 4. The summed E-state index contributed by atoms with van der Waals surface area (Å²) in [5.74, 6) is -0.829. The van der Waals surface area contributed by atoms with Gasteiger partial charge in [-0.15, -0.1) is 0 Å². The smallest absolute Gasteiger partial charge is 0.306 e. The molecule has 0 radical (unpaired) electrons. The van der Waals surface area contributed by atoms with E-state index in [0.717, 1.165) is 38.5 Å². The highest BCUT2D eigenvalue weighted by Crippen LogP contribution is 2.38. The zero-order valence-electron chi connectivity index (χ0n) is 39.9. The number of likely N-dealkylation sites (N-methyl/N-ethyl adjacent to an activating group) is 1. The highest BCUT2D eigenvalue weighted by Gasteiger charge is 2.21. The predicted octanol–water partition coefficient (Wildman–Crippen LogP) is 14.1. The van der Waals surface area contributed by atoms with Gasteiger partial charge in [-0.05, 0) is 57.8 Å². The van der Waals surface area contributed by atoms with Crippen molar-refractivity contribution in [3.63, 3.8) is 0 Å². The third-order valence-corrected chi connectivity index (χ3v) is 11.9. The monoisotopic (exact) mass is 870 g/mol. The molecule has 0 bridgehead atoms. The van der Waals surface area contributed by atoms with Crippen molar-refractivity contribution in [1.29, 1.82) is 0 Å².